The van der Waals surface area contributed by atoms with Crippen molar-refractivity contribution in [3.05, 3.63) is 81.7 Å². The Bertz CT molecular complexity index is 882. The Labute approximate surface area is 168 Å². The van der Waals surface area contributed by atoms with Gasteiger partial charge in [0.1, 0.15) is 5.82 Å². The number of Topliss-reactive ketones (excluding diaryl/α,β-unsaturated/α-hetero) is 1. The molecule has 0 saturated carbocycles. The summed E-state index contributed by atoms with van der Waals surface area (Å²) in [4.78, 5) is 12.8. The molecule has 2 unspecified atom stereocenters. The van der Waals surface area contributed by atoms with E-state index in [0.717, 1.165) is 41.5 Å². The summed E-state index contributed by atoms with van der Waals surface area (Å²) in [6, 6.07) is 5.51. The predicted molar refractivity (Wildman–Crippen MR) is 115 cm³/mol. The number of hydrogen-bond donors (Lipinski definition) is 0. The Hall–Kier alpha value is -2.22. The molecule has 0 aromatic heterocycles. The number of ketones is 1. The Morgan fingerprint density at radius 1 is 1.25 bits per heavy atom. The van der Waals surface area contributed by atoms with Crippen LogP contribution in [0.5, 0.6) is 0 Å². The molecule has 2 aliphatic carbocycles. The van der Waals surface area contributed by atoms with E-state index in [1.54, 1.807) is 6.07 Å². The molecule has 0 fully saturated rings. The number of carbonyl (C=O) groups excluding carboxylic acids is 1. The maximum Gasteiger partial charge on any atom is 0.162 e. The zero-order chi connectivity index (χ0) is 20.3. The van der Waals surface area contributed by atoms with Crippen LogP contribution in [0.3, 0.4) is 0 Å². The number of fused-ring (bicyclic) bond motifs is 1. The fourth-order valence-electron chi connectivity index (χ4n) is 4.42. The molecule has 1 nitrogen and oxygen atoms in total. The van der Waals surface area contributed by atoms with E-state index >= 15 is 0 Å². The van der Waals surface area contributed by atoms with Gasteiger partial charge in [0.25, 0.3) is 0 Å². The first kappa shape index (κ1) is 20.5. The summed E-state index contributed by atoms with van der Waals surface area (Å²) in [7, 11) is 0. The fourth-order valence-corrected chi connectivity index (χ4v) is 4.42. The number of carbonyl (C=O) groups is 1. The summed E-state index contributed by atoms with van der Waals surface area (Å²) in [5.74, 6) is 0.607. The summed E-state index contributed by atoms with van der Waals surface area (Å²) >= 11 is 0. The van der Waals surface area contributed by atoms with Crippen LogP contribution in [0.25, 0.3) is 0 Å². The highest BCUT2D eigenvalue weighted by atomic mass is 19.1. The monoisotopic (exact) mass is 378 g/mol. The lowest BCUT2D eigenvalue weighted by Crippen LogP contribution is -2.18. The van der Waals surface area contributed by atoms with Crippen molar-refractivity contribution in [3.63, 3.8) is 0 Å². The molecule has 0 radical (unpaired) electrons. The van der Waals surface area contributed by atoms with Gasteiger partial charge in [0, 0.05) is 12.0 Å². The summed E-state index contributed by atoms with van der Waals surface area (Å²) in [6.07, 6.45) is 12.6. The predicted octanol–water partition coefficient (Wildman–Crippen LogP) is 6.83. The van der Waals surface area contributed by atoms with Crippen molar-refractivity contribution in [1.82, 2.24) is 0 Å². The molecular weight excluding hydrogens is 347 g/mol. The van der Waals surface area contributed by atoms with Gasteiger partial charge in [0.05, 0.1) is 0 Å². The lowest BCUT2D eigenvalue weighted by Gasteiger charge is -2.27. The molecule has 0 N–H and O–H groups in total. The van der Waals surface area contributed by atoms with Crippen molar-refractivity contribution in [2.45, 2.75) is 59.8 Å². The maximum absolute atomic E-state index is 14.5. The second-order valence-corrected chi connectivity index (χ2v) is 8.22. The van der Waals surface area contributed by atoms with Crippen LogP contribution in [0.1, 0.15) is 57.6 Å². The van der Waals surface area contributed by atoms with Crippen molar-refractivity contribution in [3.8, 4) is 0 Å². The van der Waals surface area contributed by atoms with E-state index in [9.17, 15) is 9.18 Å². The molecule has 2 heteroatoms. The molecule has 2 aliphatic rings. The molecule has 0 spiro atoms. The Morgan fingerprint density at radius 3 is 2.75 bits per heavy atom. The molecular formula is C26H31FO. The lowest BCUT2D eigenvalue weighted by atomic mass is 9.77. The van der Waals surface area contributed by atoms with Crippen molar-refractivity contribution in [2.75, 3.05) is 0 Å². The van der Waals surface area contributed by atoms with Gasteiger partial charge in [-0.1, -0.05) is 55.9 Å². The molecule has 1 aromatic rings. The zero-order valence-corrected chi connectivity index (χ0v) is 17.5. The van der Waals surface area contributed by atoms with Crippen molar-refractivity contribution in [2.24, 2.45) is 11.8 Å². The Kier molecular flexibility index (Phi) is 6.49. The van der Waals surface area contributed by atoms with Gasteiger partial charge in [-0.05, 0) is 79.7 Å². The summed E-state index contributed by atoms with van der Waals surface area (Å²) in [5, 5.41) is 0. The van der Waals surface area contributed by atoms with E-state index in [0.29, 0.717) is 12.8 Å². The second-order valence-electron chi connectivity index (χ2n) is 8.22. The standard InChI is InChI=1S/C26H31FO/c1-5-25(28)23-14-13-20(16-21-12-11-17(2)15-24(21)27)19(4)22-10-8-6-7-9-18(3)26(22)23/h6,8,10-12,14-15,19-20H,5,7,9,13,16H2,1-4H3. The number of rotatable bonds is 4. The molecule has 0 heterocycles. The molecule has 28 heavy (non-hydrogen) atoms. The Balaban J connectivity index is 2.05. The van der Waals surface area contributed by atoms with E-state index in [1.165, 1.54) is 11.1 Å². The van der Waals surface area contributed by atoms with Crippen molar-refractivity contribution >= 4 is 5.78 Å². The smallest absolute Gasteiger partial charge is 0.162 e. The average molecular weight is 379 g/mol. The van der Waals surface area contributed by atoms with Crippen molar-refractivity contribution in [1.29, 1.82) is 0 Å². The van der Waals surface area contributed by atoms with Crippen LogP contribution < -0.4 is 0 Å². The highest BCUT2D eigenvalue weighted by Gasteiger charge is 2.31. The molecule has 1 aromatic carbocycles. The quantitative estimate of drug-likeness (QED) is 0.561. The van der Waals surface area contributed by atoms with Crippen LogP contribution >= 0.6 is 0 Å². The normalized spacial score (nSPS) is 22.6. The number of aryl methyl sites for hydroxylation is 1. The van der Waals surface area contributed by atoms with Crippen LogP contribution in [0, 0.1) is 24.6 Å². The zero-order valence-electron chi connectivity index (χ0n) is 17.5. The van der Waals surface area contributed by atoms with Crippen molar-refractivity contribution < 1.29 is 9.18 Å². The van der Waals surface area contributed by atoms with Gasteiger partial charge < -0.3 is 0 Å². The highest BCUT2D eigenvalue weighted by Crippen LogP contribution is 2.41. The van der Waals surface area contributed by atoms with E-state index < -0.39 is 0 Å². The number of halogens is 1. The van der Waals surface area contributed by atoms with Crippen LogP contribution in [-0.4, -0.2) is 5.78 Å². The molecule has 0 aliphatic heterocycles. The van der Waals surface area contributed by atoms with Crippen LogP contribution in [0.4, 0.5) is 4.39 Å². The van der Waals surface area contributed by atoms with Gasteiger partial charge in [0.2, 0.25) is 0 Å². The summed E-state index contributed by atoms with van der Waals surface area (Å²) in [5.41, 5.74) is 6.26. The first-order valence-corrected chi connectivity index (χ1v) is 10.5. The third-order valence-electron chi connectivity index (χ3n) is 6.22. The number of allylic oxidation sites excluding steroid dienone is 8. The third-order valence-corrected chi connectivity index (χ3v) is 6.22. The number of benzene rings is 1. The van der Waals surface area contributed by atoms with E-state index in [1.807, 2.05) is 26.0 Å². The lowest BCUT2D eigenvalue weighted by molar-refractivity contribution is -0.115. The van der Waals surface area contributed by atoms with Crippen LogP contribution in [0.15, 0.2) is 64.8 Å². The van der Waals surface area contributed by atoms with Gasteiger partial charge >= 0.3 is 0 Å². The minimum Gasteiger partial charge on any atom is -0.294 e. The molecule has 0 saturated heterocycles. The third kappa shape index (κ3) is 4.27. The number of hydrogen-bond acceptors (Lipinski definition) is 1. The molecule has 148 valence electrons. The molecule has 0 bridgehead atoms. The van der Waals surface area contributed by atoms with E-state index in [4.69, 9.17) is 0 Å². The second kappa shape index (κ2) is 8.86. The minimum absolute atomic E-state index is 0.122. The minimum atomic E-state index is -0.122. The average Bonchev–Trinajstić information content (AvgIpc) is 2.78. The van der Waals surface area contributed by atoms with Gasteiger partial charge in [-0.15, -0.1) is 0 Å². The van der Waals surface area contributed by atoms with Gasteiger partial charge in [-0.3, -0.25) is 4.79 Å². The first-order valence-electron chi connectivity index (χ1n) is 10.5. The van der Waals surface area contributed by atoms with Gasteiger partial charge in [-0.25, -0.2) is 4.39 Å². The molecule has 3 rings (SSSR count). The molecule has 2 atom stereocenters. The SMILES string of the molecule is CCC(=O)C1=CCC(Cc2ccc(C)cc2F)C(C)C2=CC=CCCC(C)=C12. The van der Waals surface area contributed by atoms with E-state index in [-0.39, 0.29) is 23.4 Å². The largest absolute Gasteiger partial charge is 0.294 e. The Morgan fingerprint density at radius 2 is 2.04 bits per heavy atom. The first-order chi connectivity index (χ1) is 13.4. The van der Waals surface area contributed by atoms with Gasteiger partial charge in [0.15, 0.2) is 5.78 Å². The topological polar surface area (TPSA) is 17.1 Å². The summed E-state index contributed by atoms with van der Waals surface area (Å²) in [6.45, 7) is 8.24. The van der Waals surface area contributed by atoms with E-state index in [2.05, 4.69) is 38.2 Å². The molecule has 0 amide bonds. The van der Waals surface area contributed by atoms with Crippen LogP contribution in [0.2, 0.25) is 0 Å². The highest BCUT2D eigenvalue weighted by molar-refractivity contribution is 6.01. The maximum atomic E-state index is 14.5. The van der Waals surface area contributed by atoms with Crippen LogP contribution in [-0.2, 0) is 11.2 Å². The fraction of sp³-hybridized carbons (Fsp3) is 0.423. The van der Waals surface area contributed by atoms with Gasteiger partial charge in [-0.2, -0.15) is 0 Å². The summed E-state index contributed by atoms with van der Waals surface area (Å²) < 4.78 is 14.5.